The summed E-state index contributed by atoms with van der Waals surface area (Å²) in [5.74, 6) is 0. The Kier molecular flexibility index (Phi) is 3.57. The van der Waals surface area contributed by atoms with Gasteiger partial charge in [-0.1, -0.05) is 0 Å². The number of carbonyl (C=O) groups is 1. The van der Waals surface area contributed by atoms with Crippen molar-refractivity contribution in [2.24, 2.45) is 0 Å². The summed E-state index contributed by atoms with van der Waals surface area (Å²) in [6, 6.07) is 7.72. The van der Waals surface area contributed by atoms with Crippen molar-refractivity contribution in [3.05, 3.63) is 29.8 Å². The van der Waals surface area contributed by atoms with E-state index in [1.54, 1.807) is 7.11 Å². The van der Waals surface area contributed by atoms with Crippen molar-refractivity contribution >= 4 is 12.0 Å². The minimum absolute atomic E-state index is 0.333. The van der Waals surface area contributed by atoms with E-state index in [9.17, 15) is 4.79 Å². The number of hydrogen-bond donors (Lipinski definition) is 0. The monoisotopic (exact) mass is 219 g/mol. The van der Waals surface area contributed by atoms with Crippen molar-refractivity contribution in [2.75, 3.05) is 25.1 Å². The van der Waals surface area contributed by atoms with Gasteiger partial charge in [-0.05, 0) is 37.1 Å². The number of ether oxygens (including phenoxy) is 1. The molecule has 1 heterocycles. The first-order chi connectivity index (χ1) is 7.83. The Balaban J connectivity index is 2.07. The Labute approximate surface area is 96.0 Å². The van der Waals surface area contributed by atoms with Crippen LogP contribution in [0.4, 0.5) is 5.69 Å². The fraction of sp³-hybridized carbons (Fsp3) is 0.462. The molecule has 0 aliphatic carbocycles. The predicted octanol–water partition coefficient (Wildman–Crippen LogP) is 2.11. The van der Waals surface area contributed by atoms with Crippen LogP contribution in [0.5, 0.6) is 0 Å². The molecule has 0 bridgehead atoms. The van der Waals surface area contributed by atoms with E-state index in [0.29, 0.717) is 6.10 Å². The molecule has 2 rings (SSSR count). The average Bonchev–Trinajstić information content (AvgIpc) is 2.39. The van der Waals surface area contributed by atoms with Gasteiger partial charge >= 0.3 is 0 Å². The number of rotatable bonds is 3. The summed E-state index contributed by atoms with van der Waals surface area (Å²) in [5, 5.41) is 0. The molecule has 1 fully saturated rings. The number of anilines is 1. The first kappa shape index (κ1) is 11.1. The molecule has 1 unspecified atom stereocenters. The van der Waals surface area contributed by atoms with E-state index >= 15 is 0 Å². The fourth-order valence-corrected chi connectivity index (χ4v) is 2.13. The van der Waals surface area contributed by atoms with Gasteiger partial charge in [-0.25, -0.2) is 0 Å². The van der Waals surface area contributed by atoms with E-state index in [1.807, 2.05) is 24.3 Å². The molecule has 3 heteroatoms. The molecule has 1 aromatic rings. The van der Waals surface area contributed by atoms with Gasteiger partial charge in [0.05, 0.1) is 6.10 Å². The van der Waals surface area contributed by atoms with Gasteiger partial charge in [0.2, 0.25) is 0 Å². The van der Waals surface area contributed by atoms with Crippen LogP contribution in [0.2, 0.25) is 0 Å². The smallest absolute Gasteiger partial charge is 0.150 e. The Bertz CT molecular complexity index is 347. The molecular weight excluding hydrogens is 202 g/mol. The number of carbonyl (C=O) groups excluding carboxylic acids is 1. The van der Waals surface area contributed by atoms with Crippen LogP contribution in [0, 0.1) is 0 Å². The summed E-state index contributed by atoms with van der Waals surface area (Å²) >= 11 is 0. The van der Waals surface area contributed by atoms with Crippen molar-refractivity contribution in [1.29, 1.82) is 0 Å². The van der Waals surface area contributed by atoms with E-state index in [1.165, 1.54) is 5.69 Å². The largest absolute Gasteiger partial charge is 0.380 e. The zero-order valence-electron chi connectivity index (χ0n) is 9.56. The van der Waals surface area contributed by atoms with E-state index in [-0.39, 0.29) is 0 Å². The maximum atomic E-state index is 10.6. The van der Waals surface area contributed by atoms with Gasteiger partial charge in [-0.15, -0.1) is 0 Å². The van der Waals surface area contributed by atoms with Crippen molar-refractivity contribution in [1.82, 2.24) is 0 Å². The molecule has 0 aromatic heterocycles. The number of methoxy groups -OCH3 is 1. The minimum atomic E-state index is 0.333. The Hall–Kier alpha value is -1.35. The lowest BCUT2D eigenvalue weighted by Gasteiger charge is -2.33. The van der Waals surface area contributed by atoms with E-state index in [4.69, 9.17) is 4.74 Å². The van der Waals surface area contributed by atoms with Crippen molar-refractivity contribution in [3.8, 4) is 0 Å². The molecule has 16 heavy (non-hydrogen) atoms. The second kappa shape index (κ2) is 5.12. The molecule has 1 atom stereocenters. The third kappa shape index (κ3) is 2.42. The summed E-state index contributed by atoms with van der Waals surface area (Å²) in [6.07, 6.45) is 3.50. The highest BCUT2D eigenvalue weighted by Crippen LogP contribution is 2.21. The summed E-state index contributed by atoms with van der Waals surface area (Å²) in [7, 11) is 1.77. The minimum Gasteiger partial charge on any atom is -0.380 e. The van der Waals surface area contributed by atoms with Crippen LogP contribution in [0.3, 0.4) is 0 Å². The summed E-state index contributed by atoms with van der Waals surface area (Å²) in [6.45, 7) is 2.01. The maximum absolute atomic E-state index is 10.6. The normalized spacial score (nSPS) is 20.8. The second-order valence-electron chi connectivity index (χ2n) is 4.16. The zero-order chi connectivity index (χ0) is 11.4. The average molecular weight is 219 g/mol. The van der Waals surface area contributed by atoms with Crippen molar-refractivity contribution < 1.29 is 9.53 Å². The lowest BCUT2D eigenvalue weighted by molar-refractivity contribution is 0.0893. The maximum Gasteiger partial charge on any atom is 0.150 e. The van der Waals surface area contributed by atoms with Crippen LogP contribution in [0.25, 0.3) is 0 Å². The number of benzene rings is 1. The highest BCUT2D eigenvalue weighted by atomic mass is 16.5. The molecule has 0 saturated carbocycles. The van der Waals surface area contributed by atoms with E-state index < -0.39 is 0 Å². The van der Waals surface area contributed by atoms with Gasteiger partial charge in [0.15, 0.2) is 0 Å². The van der Waals surface area contributed by atoms with Crippen LogP contribution in [-0.4, -0.2) is 32.6 Å². The lowest BCUT2D eigenvalue weighted by Crippen LogP contribution is -2.39. The van der Waals surface area contributed by atoms with Crippen LogP contribution in [0.15, 0.2) is 24.3 Å². The second-order valence-corrected chi connectivity index (χ2v) is 4.16. The molecule has 0 radical (unpaired) electrons. The summed E-state index contributed by atoms with van der Waals surface area (Å²) in [4.78, 5) is 12.9. The van der Waals surface area contributed by atoms with Crippen LogP contribution in [-0.2, 0) is 4.74 Å². The van der Waals surface area contributed by atoms with Crippen molar-refractivity contribution in [3.63, 3.8) is 0 Å². The lowest BCUT2D eigenvalue weighted by atomic mass is 10.1. The number of piperidine rings is 1. The molecule has 1 aliphatic heterocycles. The van der Waals surface area contributed by atoms with Crippen molar-refractivity contribution in [2.45, 2.75) is 18.9 Å². The van der Waals surface area contributed by atoms with E-state index in [0.717, 1.165) is 37.8 Å². The van der Waals surface area contributed by atoms with Gasteiger partial charge in [0, 0.05) is 31.5 Å². The molecule has 1 aliphatic rings. The van der Waals surface area contributed by atoms with E-state index in [2.05, 4.69) is 4.90 Å². The molecule has 0 amide bonds. The summed E-state index contributed by atoms with van der Waals surface area (Å²) in [5.41, 5.74) is 1.90. The quantitative estimate of drug-likeness (QED) is 0.729. The Morgan fingerprint density at radius 1 is 1.38 bits per heavy atom. The Morgan fingerprint density at radius 3 is 2.75 bits per heavy atom. The molecule has 86 valence electrons. The topological polar surface area (TPSA) is 29.5 Å². The molecule has 0 N–H and O–H groups in total. The Morgan fingerprint density at radius 2 is 2.12 bits per heavy atom. The van der Waals surface area contributed by atoms with Gasteiger partial charge in [-0.2, -0.15) is 0 Å². The molecule has 1 aromatic carbocycles. The standard InChI is InChI=1S/C13H17NO2/c1-16-13-3-2-8-14(9-13)12-6-4-11(10-15)5-7-12/h4-7,10,13H,2-3,8-9H2,1H3. The van der Waals surface area contributed by atoms with Crippen LogP contribution < -0.4 is 4.90 Å². The molecular formula is C13H17NO2. The first-order valence-electron chi connectivity index (χ1n) is 5.66. The predicted molar refractivity (Wildman–Crippen MR) is 64.1 cm³/mol. The highest BCUT2D eigenvalue weighted by Gasteiger charge is 2.19. The SMILES string of the molecule is COC1CCCN(c2ccc(C=O)cc2)C1. The fourth-order valence-electron chi connectivity index (χ4n) is 2.13. The molecule has 0 spiro atoms. The highest BCUT2D eigenvalue weighted by molar-refractivity contribution is 5.75. The first-order valence-corrected chi connectivity index (χ1v) is 5.66. The molecule has 1 saturated heterocycles. The van der Waals surface area contributed by atoms with Gasteiger partial charge in [0.25, 0.3) is 0 Å². The number of aldehydes is 1. The van der Waals surface area contributed by atoms with Gasteiger partial charge < -0.3 is 9.64 Å². The van der Waals surface area contributed by atoms with Crippen LogP contribution >= 0.6 is 0 Å². The third-order valence-electron chi connectivity index (χ3n) is 3.11. The number of nitrogens with zero attached hydrogens (tertiary/aromatic N) is 1. The summed E-state index contributed by atoms with van der Waals surface area (Å²) < 4.78 is 5.39. The van der Waals surface area contributed by atoms with Crippen LogP contribution in [0.1, 0.15) is 23.2 Å². The third-order valence-corrected chi connectivity index (χ3v) is 3.11. The molecule has 3 nitrogen and oxygen atoms in total. The zero-order valence-corrected chi connectivity index (χ0v) is 9.56. The number of hydrogen-bond acceptors (Lipinski definition) is 3. The van der Waals surface area contributed by atoms with Gasteiger partial charge in [-0.3, -0.25) is 4.79 Å². The van der Waals surface area contributed by atoms with Gasteiger partial charge in [0.1, 0.15) is 6.29 Å².